The second-order valence-electron chi connectivity index (χ2n) is 5.68. The third kappa shape index (κ3) is 3.65. The summed E-state index contributed by atoms with van der Waals surface area (Å²) in [6.45, 7) is 2.93. The van der Waals surface area contributed by atoms with Crippen molar-refractivity contribution in [1.29, 1.82) is 0 Å². The average molecular weight is 296 g/mol. The molecule has 3 rings (SSSR count). The summed E-state index contributed by atoms with van der Waals surface area (Å²) in [7, 11) is 0. The first kappa shape index (κ1) is 14.6. The minimum absolute atomic E-state index is 0.0582. The Balaban J connectivity index is 1.57. The normalized spacial score (nSPS) is 19.0. The highest BCUT2D eigenvalue weighted by Crippen LogP contribution is 2.22. The van der Waals surface area contributed by atoms with Crippen LogP contribution in [0.3, 0.4) is 0 Å². The van der Waals surface area contributed by atoms with Gasteiger partial charge in [-0.15, -0.1) is 0 Å². The number of nitrogens with zero attached hydrogens (tertiary/aromatic N) is 2. The molecule has 1 fully saturated rings. The van der Waals surface area contributed by atoms with E-state index in [0.717, 1.165) is 26.1 Å². The minimum Gasteiger partial charge on any atom is -0.508 e. The lowest BCUT2D eigenvalue weighted by Crippen LogP contribution is -2.21. The molecule has 2 aromatic carbocycles. The third-order valence-electron chi connectivity index (χ3n) is 3.93. The molecule has 0 radical (unpaired) electrons. The van der Waals surface area contributed by atoms with Gasteiger partial charge in [0.1, 0.15) is 11.5 Å². The summed E-state index contributed by atoms with van der Waals surface area (Å²) in [5, 5.41) is 19.0. The molecule has 1 aliphatic rings. The summed E-state index contributed by atoms with van der Waals surface area (Å²) in [6.07, 6.45) is 2.73. The Hall–Kier alpha value is -2.33. The molecule has 114 valence electrons. The maximum Gasteiger partial charge on any atom is 0.128 e. The van der Waals surface area contributed by atoms with E-state index in [-0.39, 0.29) is 17.5 Å². The van der Waals surface area contributed by atoms with Gasteiger partial charge in [-0.05, 0) is 24.1 Å². The van der Waals surface area contributed by atoms with Crippen LogP contribution in [0.15, 0.2) is 53.5 Å². The van der Waals surface area contributed by atoms with E-state index >= 15 is 0 Å². The Kier molecular flexibility index (Phi) is 4.39. The summed E-state index contributed by atoms with van der Waals surface area (Å²) >= 11 is 0. The van der Waals surface area contributed by atoms with Crippen LogP contribution in [-0.4, -0.2) is 40.5 Å². The summed E-state index contributed by atoms with van der Waals surface area (Å²) < 4.78 is 0. The van der Waals surface area contributed by atoms with E-state index < -0.39 is 0 Å². The minimum atomic E-state index is 0.0582. The summed E-state index contributed by atoms with van der Waals surface area (Å²) in [5.74, 6) is 0.118. The Labute approximate surface area is 130 Å². The lowest BCUT2D eigenvalue weighted by molar-refractivity contribution is 0.327. The van der Waals surface area contributed by atoms with Gasteiger partial charge in [0.25, 0.3) is 0 Å². The number of phenolic OH excluding ortho intramolecular Hbond substituents is 2. The molecule has 4 heteroatoms. The monoisotopic (exact) mass is 296 g/mol. The van der Waals surface area contributed by atoms with Crippen molar-refractivity contribution >= 4 is 6.21 Å². The van der Waals surface area contributed by atoms with E-state index in [1.165, 1.54) is 11.6 Å². The predicted molar refractivity (Wildman–Crippen MR) is 87.5 cm³/mol. The first-order chi connectivity index (χ1) is 10.7. The number of likely N-dealkylation sites (tertiary alicyclic amines) is 1. The maximum atomic E-state index is 9.75. The molecular weight excluding hydrogens is 276 g/mol. The Morgan fingerprint density at radius 1 is 1.14 bits per heavy atom. The zero-order valence-corrected chi connectivity index (χ0v) is 12.4. The van der Waals surface area contributed by atoms with Gasteiger partial charge in [0.2, 0.25) is 0 Å². The number of phenols is 2. The number of aliphatic imine (C=N–C) groups is 1. The number of aromatic hydroxyl groups is 2. The van der Waals surface area contributed by atoms with Gasteiger partial charge in [0.05, 0.1) is 6.04 Å². The van der Waals surface area contributed by atoms with Gasteiger partial charge in [0.15, 0.2) is 0 Å². The van der Waals surface area contributed by atoms with Gasteiger partial charge in [0, 0.05) is 37.5 Å². The largest absolute Gasteiger partial charge is 0.508 e. The van der Waals surface area contributed by atoms with Crippen LogP contribution in [0, 0.1) is 0 Å². The standard InChI is InChI=1S/C18H20N2O2/c21-17-7-6-15(18(22)10-17)11-19-16-8-9-20(13-16)12-14-4-2-1-3-5-14/h1-7,10-11,16,21-22H,8-9,12-13H2. The first-order valence-electron chi connectivity index (χ1n) is 7.52. The average Bonchev–Trinajstić information content (AvgIpc) is 2.95. The van der Waals surface area contributed by atoms with Crippen LogP contribution in [0.25, 0.3) is 0 Å². The molecule has 1 atom stereocenters. The smallest absolute Gasteiger partial charge is 0.128 e. The fourth-order valence-electron chi connectivity index (χ4n) is 2.75. The van der Waals surface area contributed by atoms with Crippen LogP contribution in [0.4, 0.5) is 0 Å². The number of hydrogen-bond acceptors (Lipinski definition) is 4. The summed E-state index contributed by atoms with van der Waals surface area (Å²) in [6, 6.07) is 15.3. The molecule has 2 N–H and O–H groups in total. The highest BCUT2D eigenvalue weighted by Gasteiger charge is 2.21. The van der Waals surface area contributed by atoms with Crippen molar-refractivity contribution in [1.82, 2.24) is 4.90 Å². The van der Waals surface area contributed by atoms with E-state index in [1.54, 1.807) is 18.3 Å². The van der Waals surface area contributed by atoms with Gasteiger partial charge in [-0.1, -0.05) is 30.3 Å². The topological polar surface area (TPSA) is 56.1 Å². The lowest BCUT2D eigenvalue weighted by atomic mass is 10.2. The van der Waals surface area contributed by atoms with Gasteiger partial charge in [-0.2, -0.15) is 0 Å². The molecule has 4 nitrogen and oxygen atoms in total. The molecule has 0 aromatic heterocycles. The van der Waals surface area contributed by atoms with Crippen LogP contribution in [0.2, 0.25) is 0 Å². The molecule has 0 spiro atoms. The van der Waals surface area contributed by atoms with Gasteiger partial charge < -0.3 is 10.2 Å². The molecule has 1 unspecified atom stereocenters. The molecule has 0 saturated carbocycles. The van der Waals surface area contributed by atoms with Crippen molar-refractivity contribution in [2.24, 2.45) is 4.99 Å². The van der Waals surface area contributed by atoms with Crippen LogP contribution < -0.4 is 0 Å². The first-order valence-corrected chi connectivity index (χ1v) is 7.52. The number of benzene rings is 2. The van der Waals surface area contributed by atoms with Gasteiger partial charge >= 0.3 is 0 Å². The van der Waals surface area contributed by atoms with Crippen molar-refractivity contribution in [3.8, 4) is 11.5 Å². The van der Waals surface area contributed by atoms with E-state index in [1.807, 2.05) is 6.07 Å². The Morgan fingerprint density at radius 2 is 1.95 bits per heavy atom. The summed E-state index contributed by atoms with van der Waals surface area (Å²) in [5.41, 5.74) is 1.96. The van der Waals surface area contributed by atoms with Crippen LogP contribution in [0.5, 0.6) is 11.5 Å². The van der Waals surface area contributed by atoms with Crippen LogP contribution in [0.1, 0.15) is 17.5 Å². The molecule has 1 aliphatic heterocycles. The van der Waals surface area contributed by atoms with E-state index in [2.05, 4.69) is 34.2 Å². The number of rotatable bonds is 4. The second kappa shape index (κ2) is 6.62. The zero-order valence-electron chi connectivity index (χ0n) is 12.4. The van der Waals surface area contributed by atoms with Crippen LogP contribution in [-0.2, 0) is 6.54 Å². The number of hydrogen-bond donors (Lipinski definition) is 2. The molecule has 1 heterocycles. The van der Waals surface area contributed by atoms with Crippen LogP contribution >= 0.6 is 0 Å². The molecular formula is C18H20N2O2. The molecule has 22 heavy (non-hydrogen) atoms. The van der Waals surface area contributed by atoms with E-state index in [0.29, 0.717) is 5.56 Å². The Morgan fingerprint density at radius 3 is 2.73 bits per heavy atom. The molecule has 0 amide bonds. The molecule has 0 bridgehead atoms. The predicted octanol–water partition coefficient (Wildman–Crippen LogP) is 2.79. The van der Waals surface area contributed by atoms with Crippen molar-refractivity contribution in [3.63, 3.8) is 0 Å². The zero-order chi connectivity index (χ0) is 15.4. The van der Waals surface area contributed by atoms with Crippen molar-refractivity contribution in [2.75, 3.05) is 13.1 Å². The van der Waals surface area contributed by atoms with Crippen molar-refractivity contribution in [3.05, 3.63) is 59.7 Å². The second-order valence-corrected chi connectivity index (χ2v) is 5.68. The third-order valence-corrected chi connectivity index (χ3v) is 3.93. The van der Waals surface area contributed by atoms with E-state index in [9.17, 15) is 10.2 Å². The van der Waals surface area contributed by atoms with Gasteiger partial charge in [-0.25, -0.2) is 0 Å². The Bertz CT molecular complexity index is 655. The van der Waals surface area contributed by atoms with Gasteiger partial charge in [-0.3, -0.25) is 9.89 Å². The van der Waals surface area contributed by atoms with Crippen molar-refractivity contribution in [2.45, 2.75) is 19.0 Å². The fourth-order valence-corrected chi connectivity index (χ4v) is 2.75. The highest BCUT2D eigenvalue weighted by atomic mass is 16.3. The molecule has 1 saturated heterocycles. The lowest BCUT2D eigenvalue weighted by Gasteiger charge is -2.14. The fraction of sp³-hybridized carbons (Fsp3) is 0.278. The quantitative estimate of drug-likeness (QED) is 0.853. The summed E-state index contributed by atoms with van der Waals surface area (Å²) in [4.78, 5) is 6.96. The SMILES string of the molecule is Oc1ccc(C=NC2CCN(Cc3ccccc3)C2)c(O)c1. The molecule has 0 aliphatic carbocycles. The maximum absolute atomic E-state index is 9.75. The molecule has 2 aromatic rings. The van der Waals surface area contributed by atoms with Crippen molar-refractivity contribution < 1.29 is 10.2 Å². The van der Waals surface area contributed by atoms with E-state index in [4.69, 9.17) is 0 Å². The highest BCUT2D eigenvalue weighted by molar-refractivity contribution is 5.83.